The number of amides is 2. The van der Waals surface area contributed by atoms with Crippen LogP contribution in [0, 0.1) is 0 Å². The molecule has 0 heterocycles. The molecule has 0 fully saturated rings. The van der Waals surface area contributed by atoms with E-state index >= 15 is 0 Å². The number of benzene rings is 2. The summed E-state index contributed by atoms with van der Waals surface area (Å²) in [6, 6.07) is 16.6. The number of hydrogen-bond acceptors (Lipinski definition) is 4. The third kappa shape index (κ3) is 6.58. The quantitative estimate of drug-likeness (QED) is 0.727. The Labute approximate surface area is 159 Å². The number of ether oxygens (including phenoxy) is 1. The van der Waals surface area contributed by atoms with Crippen LogP contribution in [0.2, 0.25) is 0 Å². The monoisotopic (exact) mass is 368 g/mol. The number of carbonyl (C=O) groups is 3. The lowest BCUT2D eigenvalue weighted by molar-refractivity contribution is -0.140. The fourth-order valence-corrected chi connectivity index (χ4v) is 2.67. The van der Waals surface area contributed by atoms with Crippen LogP contribution in [0.1, 0.15) is 29.3 Å². The van der Waals surface area contributed by atoms with E-state index in [1.807, 2.05) is 30.3 Å². The average Bonchev–Trinajstić information content (AvgIpc) is 2.67. The number of rotatable bonds is 8. The maximum Gasteiger partial charge on any atom is 0.307 e. The van der Waals surface area contributed by atoms with Gasteiger partial charge in [0.1, 0.15) is 0 Å². The Morgan fingerprint density at radius 3 is 2.41 bits per heavy atom. The summed E-state index contributed by atoms with van der Waals surface area (Å²) in [5.41, 5.74) is 2.13. The Balaban J connectivity index is 2.13. The lowest BCUT2D eigenvalue weighted by Gasteiger charge is -2.23. The Kier molecular flexibility index (Phi) is 7.55. The van der Waals surface area contributed by atoms with Gasteiger partial charge in [-0.1, -0.05) is 36.4 Å². The van der Waals surface area contributed by atoms with E-state index in [1.165, 1.54) is 14.0 Å². The van der Waals surface area contributed by atoms with Gasteiger partial charge in [0.05, 0.1) is 13.5 Å². The summed E-state index contributed by atoms with van der Waals surface area (Å²) < 4.78 is 4.69. The molecule has 27 heavy (non-hydrogen) atoms. The van der Waals surface area contributed by atoms with Crippen LogP contribution in [0.5, 0.6) is 0 Å². The summed E-state index contributed by atoms with van der Waals surface area (Å²) >= 11 is 0. The molecule has 0 unspecified atom stereocenters. The summed E-state index contributed by atoms with van der Waals surface area (Å²) in [7, 11) is 1.33. The summed E-state index contributed by atoms with van der Waals surface area (Å²) in [6.45, 7) is 2.16. The molecule has 2 amide bonds. The van der Waals surface area contributed by atoms with Gasteiger partial charge in [0.25, 0.3) is 5.91 Å². The lowest BCUT2D eigenvalue weighted by atomic mass is 10.1. The minimum absolute atomic E-state index is 0.127. The van der Waals surface area contributed by atoms with Crippen LogP contribution >= 0.6 is 0 Å². The highest BCUT2D eigenvalue weighted by atomic mass is 16.5. The van der Waals surface area contributed by atoms with E-state index in [0.717, 1.165) is 5.56 Å². The van der Waals surface area contributed by atoms with Crippen LogP contribution in [0.25, 0.3) is 0 Å². The van der Waals surface area contributed by atoms with Crippen LogP contribution in [-0.4, -0.2) is 42.9 Å². The standard InChI is InChI=1S/C21H24N2O4/c1-16(24)22-19-10-6-9-18(15-19)21(26)23(14-12-20(25)27-2)13-11-17-7-4-3-5-8-17/h3-10,15H,11-14H2,1-2H3,(H,22,24). The van der Waals surface area contributed by atoms with Crippen LogP contribution in [0.3, 0.4) is 0 Å². The van der Waals surface area contributed by atoms with Gasteiger partial charge in [-0.25, -0.2) is 0 Å². The first kappa shape index (κ1) is 20.2. The van der Waals surface area contributed by atoms with E-state index in [1.54, 1.807) is 29.2 Å². The Hall–Kier alpha value is -3.15. The third-order valence-electron chi connectivity index (χ3n) is 4.04. The SMILES string of the molecule is COC(=O)CCN(CCc1ccccc1)C(=O)c1cccc(NC(C)=O)c1. The summed E-state index contributed by atoms with van der Waals surface area (Å²) in [6.07, 6.45) is 0.807. The van der Waals surface area contributed by atoms with Gasteiger partial charge in [-0.2, -0.15) is 0 Å². The van der Waals surface area contributed by atoms with Gasteiger partial charge in [0.15, 0.2) is 0 Å². The van der Waals surface area contributed by atoms with Crippen LogP contribution < -0.4 is 5.32 Å². The van der Waals surface area contributed by atoms with Crippen LogP contribution in [-0.2, 0) is 20.7 Å². The highest BCUT2D eigenvalue weighted by Gasteiger charge is 2.17. The molecule has 2 aromatic carbocycles. The van der Waals surface area contributed by atoms with Gasteiger partial charge >= 0.3 is 5.97 Å². The Morgan fingerprint density at radius 1 is 1.00 bits per heavy atom. The molecule has 2 rings (SSSR count). The molecule has 0 saturated carbocycles. The second-order valence-electron chi connectivity index (χ2n) is 6.12. The van der Waals surface area contributed by atoms with Crippen LogP contribution in [0.4, 0.5) is 5.69 Å². The molecule has 0 atom stereocenters. The molecule has 142 valence electrons. The summed E-state index contributed by atoms with van der Waals surface area (Å²) in [5.74, 6) is -0.757. The van der Waals surface area contributed by atoms with Crippen molar-refractivity contribution in [3.8, 4) is 0 Å². The Bertz CT molecular complexity index is 790. The van der Waals surface area contributed by atoms with E-state index in [0.29, 0.717) is 24.2 Å². The highest BCUT2D eigenvalue weighted by molar-refractivity contribution is 5.97. The number of carbonyl (C=O) groups excluding carboxylic acids is 3. The minimum Gasteiger partial charge on any atom is -0.469 e. The van der Waals surface area contributed by atoms with Gasteiger partial charge in [-0.3, -0.25) is 14.4 Å². The number of nitrogens with one attached hydrogen (secondary N) is 1. The molecule has 2 aromatic rings. The van der Waals surface area contributed by atoms with Gasteiger partial charge in [-0.05, 0) is 30.2 Å². The van der Waals surface area contributed by atoms with Crippen molar-refractivity contribution in [2.45, 2.75) is 19.8 Å². The largest absolute Gasteiger partial charge is 0.469 e. The lowest BCUT2D eigenvalue weighted by Crippen LogP contribution is -2.35. The summed E-state index contributed by atoms with van der Waals surface area (Å²) in [5, 5.41) is 2.67. The number of methoxy groups -OCH3 is 1. The molecule has 0 aromatic heterocycles. The number of esters is 1. The summed E-state index contributed by atoms with van der Waals surface area (Å²) in [4.78, 5) is 37.4. The molecule has 0 aliphatic heterocycles. The van der Waals surface area contributed by atoms with Crippen LogP contribution in [0.15, 0.2) is 54.6 Å². The zero-order chi connectivity index (χ0) is 19.6. The van der Waals surface area contributed by atoms with Crippen molar-refractivity contribution in [2.75, 3.05) is 25.5 Å². The van der Waals surface area contributed by atoms with E-state index in [-0.39, 0.29) is 30.7 Å². The zero-order valence-electron chi connectivity index (χ0n) is 15.6. The van der Waals surface area contributed by atoms with E-state index < -0.39 is 0 Å². The van der Waals surface area contributed by atoms with Gasteiger partial charge in [0, 0.05) is 31.3 Å². The van der Waals surface area contributed by atoms with E-state index in [4.69, 9.17) is 0 Å². The Morgan fingerprint density at radius 2 is 1.74 bits per heavy atom. The minimum atomic E-state index is -0.362. The van der Waals surface area contributed by atoms with E-state index in [9.17, 15) is 14.4 Å². The first-order valence-electron chi connectivity index (χ1n) is 8.77. The normalized spacial score (nSPS) is 10.1. The smallest absolute Gasteiger partial charge is 0.307 e. The predicted molar refractivity (Wildman–Crippen MR) is 103 cm³/mol. The highest BCUT2D eigenvalue weighted by Crippen LogP contribution is 2.14. The number of nitrogens with zero attached hydrogens (tertiary/aromatic N) is 1. The van der Waals surface area contributed by atoms with E-state index in [2.05, 4.69) is 10.1 Å². The molecule has 0 saturated heterocycles. The van der Waals surface area contributed by atoms with Crippen molar-refractivity contribution in [2.24, 2.45) is 0 Å². The molecule has 0 spiro atoms. The first-order chi connectivity index (χ1) is 13.0. The maximum absolute atomic E-state index is 13.0. The molecule has 6 nitrogen and oxygen atoms in total. The van der Waals surface area contributed by atoms with Gasteiger partial charge in [0.2, 0.25) is 5.91 Å². The molecule has 1 N–H and O–H groups in total. The molecule has 0 bridgehead atoms. The van der Waals surface area contributed by atoms with Crippen molar-refractivity contribution in [1.82, 2.24) is 4.90 Å². The van der Waals surface area contributed by atoms with Crippen molar-refractivity contribution in [3.63, 3.8) is 0 Å². The van der Waals surface area contributed by atoms with Gasteiger partial charge < -0.3 is 15.0 Å². The molecular formula is C21H24N2O4. The van der Waals surface area contributed by atoms with Crippen molar-refractivity contribution < 1.29 is 19.1 Å². The zero-order valence-corrected chi connectivity index (χ0v) is 15.6. The third-order valence-corrected chi connectivity index (χ3v) is 4.04. The molecular weight excluding hydrogens is 344 g/mol. The topological polar surface area (TPSA) is 75.7 Å². The first-order valence-corrected chi connectivity index (χ1v) is 8.77. The van der Waals surface area contributed by atoms with Gasteiger partial charge in [-0.15, -0.1) is 0 Å². The number of hydrogen-bond donors (Lipinski definition) is 1. The molecule has 6 heteroatoms. The predicted octanol–water partition coefficient (Wildman–Crippen LogP) is 2.89. The van der Waals surface area contributed by atoms with Crippen molar-refractivity contribution in [1.29, 1.82) is 0 Å². The fourth-order valence-electron chi connectivity index (χ4n) is 2.67. The second-order valence-corrected chi connectivity index (χ2v) is 6.12. The van der Waals surface area contributed by atoms with Crippen molar-refractivity contribution >= 4 is 23.5 Å². The number of anilines is 1. The average molecular weight is 368 g/mol. The molecule has 0 radical (unpaired) electrons. The fraction of sp³-hybridized carbons (Fsp3) is 0.286. The second kappa shape index (κ2) is 10.1. The maximum atomic E-state index is 13.0. The molecule has 0 aliphatic carbocycles. The molecule has 0 aliphatic rings. The van der Waals surface area contributed by atoms with Crippen molar-refractivity contribution in [3.05, 3.63) is 65.7 Å².